The molecule has 15 heavy (non-hydrogen) atoms. The maximum atomic E-state index is 3.35. The molecule has 0 aliphatic heterocycles. The van der Waals surface area contributed by atoms with Crippen molar-refractivity contribution in [3.8, 4) is 0 Å². The molecule has 2 atom stereocenters. The van der Waals surface area contributed by atoms with Gasteiger partial charge in [0.05, 0.1) is 0 Å². The van der Waals surface area contributed by atoms with Gasteiger partial charge in [0, 0.05) is 12.0 Å². The maximum Gasteiger partial charge on any atom is 0.0109 e. The number of hydrogen-bond donors (Lipinski definition) is 1. The summed E-state index contributed by atoms with van der Waals surface area (Å²) < 4.78 is 0. The Morgan fingerprint density at radius 1 is 1.47 bits per heavy atom. The van der Waals surface area contributed by atoms with E-state index in [4.69, 9.17) is 0 Å². The van der Waals surface area contributed by atoms with Crippen LogP contribution in [0.2, 0.25) is 0 Å². The van der Waals surface area contributed by atoms with Crippen LogP contribution in [0.5, 0.6) is 0 Å². The highest BCUT2D eigenvalue weighted by molar-refractivity contribution is 5.36. The molecule has 1 fully saturated rings. The van der Waals surface area contributed by atoms with Crippen molar-refractivity contribution in [1.29, 1.82) is 0 Å². The first-order valence-electron chi connectivity index (χ1n) is 5.94. The topological polar surface area (TPSA) is 12.0 Å². The summed E-state index contributed by atoms with van der Waals surface area (Å²) in [6.45, 7) is 5.60. The highest BCUT2D eigenvalue weighted by Gasteiger charge is 2.53. The molecule has 0 heterocycles. The Labute approximate surface area is 92.9 Å². The lowest BCUT2D eigenvalue weighted by Crippen LogP contribution is -2.25. The number of hydrogen-bond acceptors (Lipinski definition) is 1. The summed E-state index contributed by atoms with van der Waals surface area (Å²) in [5, 5.41) is 3.35. The van der Waals surface area contributed by atoms with E-state index in [-0.39, 0.29) is 0 Å². The van der Waals surface area contributed by atoms with Crippen LogP contribution in [0, 0.1) is 12.8 Å². The van der Waals surface area contributed by atoms with Gasteiger partial charge in [0.15, 0.2) is 0 Å². The van der Waals surface area contributed by atoms with Crippen LogP contribution in [-0.2, 0) is 5.41 Å². The molecule has 0 amide bonds. The zero-order valence-electron chi connectivity index (χ0n) is 10.0. The molecule has 1 aliphatic rings. The minimum Gasteiger partial charge on any atom is -0.319 e. The van der Waals surface area contributed by atoms with Crippen LogP contribution < -0.4 is 5.32 Å². The van der Waals surface area contributed by atoms with E-state index in [1.54, 1.807) is 0 Å². The van der Waals surface area contributed by atoms with Crippen molar-refractivity contribution in [3.05, 3.63) is 35.4 Å². The first kappa shape index (κ1) is 10.7. The van der Waals surface area contributed by atoms with Gasteiger partial charge in [0.2, 0.25) is 0 Å². The Morgan fingerprint density at radius 3 is 2.80 bits per heavy atom. The normalized spacial score (nSPS) is 29.1. The van der Waals surface area contributed by atoms with E-state index in [1.807, 2.05) is 0 Å². The zero-order valence-corrected chi connectivity index (χ0v) is 10.0. The minimum absolute atomic E-state index is 0.440. The summed E-state index contributed by atoms with van der Waals surface area (Å²) in [6.07, 6.45) is 2.66. The van der Waals surface area contributed by atoms with Crippen LogP contribution >= 0.6 is 0 Å². The number of likely N-dealkylation sites (N-methyl/N-ethyl adjacent to an activating group) is 1. The first-order valence-corrected chi connectivity index (χ1v) is 5.94. The third-order valence-electron chi connectivity index (χ3n) is 3.81. The molecule has 1 nitrogen and oxygen atoms in total. The number of nitrogens with one attached hydrogen (secondary N) is 1. The zero-order chi connectivity index (χ0) is 10.9. The number of benzene rings is 1. The molecule has 0 radical (unpaired) electrons. The summed E-state index contributed by atoms with van der Waals surface area (Å²) >= 11 is 0. The van der Waals surface area contributed by atoms with Gasteiger partial charge in [0.1, 0.15) is 0 Å². The van der Waals surface area contributed by atoms with Crippen molar-refractivity contribution in [3.63, 3.8) is 0 Å². The van der Waals surface area contributed by atoms with Gasteiger partial charge in [-0.25, -0.2) is 0 Å². The van der Waals surface area contributed by atoms with Gasteiger partial charge in [-0.15, -0.1) is 0 Å². The molecule has 1 aromatic rings. The fourth-order valence-corrected chi connectivity index (χ4v) is 2.86. The van der Waals surface area contributed by atoms with Crippen molar-refractivity contribution in [2.75, 3.05) is 13.6 Å². The monoisotopic (exact) mass is 203 g/mol. The molecule has 0 aromatic heterocycles. The van der Waals surface area contributed by atoms with Gasteiger partial charge < -0.3 is 5.32 Å². The molecular weight excluding hydrogens is 182 g/mol. The van der Waals surface area contributed by atoms with Crippen LogP contribution in [0.15, 0.2) is 24.3 Å². The molecular formula is C14H21N. The smallest absolute Gasteiger partial charge is 0.0109 e. The van der Waals surface area contributed by atoms with Crippen molar-refractivity contribution >= 4 is 0 Å². The van der Waals surface area contributed by atoms with Gasteiger partial charge in [-0.05, 0) is 31.9 Å². The highest BCUT2D eigenvalue weighted by Crippen LogP contribution is 2.55. The minimum atomic E-state index is 0.440. The van der Waals surface area contributed by atoms with Crippen molar-refractivity contribution < 1.29 is 0 Å². The largest absolute Gasteiger partial charge is 0.319 e. The molecule has 2 rings (SSSR count). The lowest BCUT2D eigenvalue weighted by molar-refractivity contribution is 0.553. The summed E-state index contributed by atoms with van der Waals surface area (Å²) in [5.74, 6) is 0.881. The average Bonchev–Trinajstić information content (AvgIpc) is 2.94. The number of aryl methyl sites for hydroxylation is 1. The van der Waals surface area contributed by atoms with Crippen LogP contribution in [0.25, 0.3) is 0 Å². The van der Waals surface area contributed by atoms with Crippen LogP contribution in [0.4, 0.5) is 0 Å². The third-order valence-corrected chi connectivity index (χ3v) is 3.81. The lowest BCUT2D eigenvalue weighted by Gasteiger charge is -2.18. The van der Waals surface area contributed by atoms with Crippen molar-refractivity contribution in [2.24, 2.45) is 5.92 Å². The van der Waals surface area contributed by atoms with Crippen molar-refractivity contribution in [1.82, 2.24) is 5.32 Å². The Kier molecular flexibility index (Phi) is 2.83. The molecule has 1 aromatic carbocycles. The molecule has 1 heteroatoms. The SMILES string of the molecule is CCC1CC1(CNC)c1cccc(C)c1. The predicted molar refractivity (Wildman–Crippen MR) is 65.2 cm³/mol. The quantitative estimate of drug-likeness (QED) is 0.793. The Morgan fingerprint density at radius 2 is 2.27 bits per heavy atom. The summed E-state index contributed by atoms with van der Waals surface area (Å²) in [6, 6.07) is 9.01. The fourth-order valence-electron chi connectivity index (χ4n) is 2.86. The first-order chi connectivity index (χ1) is 7.23. The molecule has 2 unspecified atom stereocenters. The molecule has 0 bridgehead atoms. The van der Waals surface area contributed by atoms with E-state index < -0.39 is 0 Å². The van der Waals surface area contributed by atoms with E-state index in [0.29, 0.717) is 5.41 Å². The Bertz CT molecular complexity index is 345. The summed E-state index contributed by atoms with van der Waals surface area (Å²) in [5.41, 5.74) is 3.35. The van der Waals surface area contributed by atoms with Gasteiger partial charge in [-0.1, -0.05) is 43.2 Å². The van der Waals surface area contributed by atoms with Gasteiger partial charge >= 0.3 is 0 Å². The van der Waals surface area contributed by atoms with Gasteiger partial charge in [0.25, 0.3) is 0 Å². The second-order valence-electron chi connectivity index (χ2n) is 4.87. The summed E-state index contributed by atoms with van der Waals surface area (Å²) in [7, 11) is 2.06. The van der Waals surface area contributed by atoms with E-state index in [9.17, 15) is 0 Å². The Balaban J connectivity index is 2.27. The second kappa shape index (κ2) is 3.97. The molecule has 0 spiro atoms. The molecule has 82 valence electrons. The van der Waals surface area contributed by atoms with E-state index in [0.717, 1.165) is 12.5 Å². The molecule has 1 N–H and O–H groups in total. The summed E-state index contributed by atoms with van der Waals surface area (Å²) in [4.78, 5) is 0. The van der Waals surface area contributed by atoms with Gasteiger partial charge in [-0.3, -0.25) is 0 Å². The van der Waals surface area contributed by atoms with E-state index in [2.05, 4.69) is 50.5 Å². The third kappa shape index (κ3) is 1.81. The molecule has 0 saturated heterocycles. The molecule has 1 saturated carbocycles. The predicted octanol–water partition coefficient (Wildman–Crippen LogP) is 2.88. The number of rotatable bonds is 4. The van der Waals surface area contributed by atoms with Crippen molar-refractivity contribution in [2.45, 2.75) is 32.1 Å². The van der Waals surface area contributed by atoms with Gasteiger partial charge in [-0.2, -0.15) is 0 Å². The second-order valence-corrected chi connectivity index (χ2v) is 4.87. The standard InChI is InChI=1S/C14H21N/c1-4-12-9-14(12,10-15-3)13-7-5-6-11(2)8-13/h5-8,12,15H,4,9-10H2,1-3H3. The van der Waals surface area contributed by atoms with Crippen LogP contribution in [0.1, 0.15) is 30.9 Å². The molecule has 1 aliphatic carbocycles. The van der Waals surface area contributed by atoms with E-state index in [1.165, 1.54) is 24.0 Å². The van der Waals surface area contributed by atoms with Crippen LogP contribution in [-0.4, -0.2) is 13.6 Å². The Hall–Kier alpha value is -0.820. The fraction of sp³-hybridized carbons (Fsp3) is 0.571. The lowest BCUT2D eigenvalue weighted by atomic mass is 9.91. The average molecular weight is 203 g/mol. The highest BCUT2D eigenvalue weighted by atomic mass is 14.9. The maximum absolute atomic E-state index is 3.35. The van der Waals surface area contributed by atoms with E-state index >= 15 is 0 Å². The van der Waals surface area contributed by atoms with Crippen LogP contribution in [0.3, 0.4) is 0 Å².